The molecule has 0 aromatic heterocycles. The molecule has 0 spiro atoms. The number of nitrogens with two attached hydrogens (primary N) is 1. The number of carbonyl (C=O) groups is 1. The van der Waals surface area contributed by atoms with Crippen LogP contribution in [0.25, 0.3) is 0 Å². The maximum Gasteiger partial charge on any atom is 0.218 e. The van der Waals surface area contributed by atoms with Gasteiger partial charge in [-0.2, -0.15) is 0 Å². The molecule has 0 aliphatic carbocycles. The first-order valence-electron chi connectivity index (χ1n) is 4.45. The summed E-state index contributed by atoms with van der Waals surface area (Å²) < 4.78 is 22.6. The molecule has 5 nitrogen and oxygen atoms in total. The lowest BCUT2D eigenvalue weighted by atomic mass is 10.1. The van der Waals surface area contributed by atoms with Gasteiger partial charge in [0.05, 0.1) is 0 Å². The molecule has 16 heavy (non-hydrogen) atoms. The molecule has 1 aromatic rings. The molecule has 1 amide bonds. The lowest BCUT2D eigenvalue weighted by molar-refractivity contribution is -0.117. The van der Waals surface area contributed by atoms with Crippen molar-refractivity contribution in [2.24, 2.45) is 5.73 Å². The van der Waals surface area contributed by atoms with E-state index < -0.39 is 15.7 Å². The monoisotopic (exact) mass is 242 g/mol. The van der Waals surface area contributed by atoms with Crippen LogP contribution in [0.1, 0.15) is 12.0 Å². The van der Waals surface area contributed by atoms with Gasteiger partial charge in [-0.1, -0.05) is 6.07 Å². The molecule has 1 radical (unpaired) electrons. The van der Waals surface area contributed by atoms with Crippen LogP contribution in [0.4, 0.5) is 0 Å². The summed E-state index contributed by atoms with van der Waals surface area (Å²) in [5.41, 5.74) is 5.48. The number of amides is 1. The third-order valence-electron chi connectivity index (χ3n) is 1.92. The van der Waals surface area contributed by atoms with Crippen LogP contribution in [0, 0.1) is 6.42 Å². The highest BCUT2D eigenvalue weighted by Gasteiger charge is 2.13. The van der Waals surface area contributed by atoms with E-state index in [0.717, 1.165) is 6.26 Å². The van der Waals surface area contributed by atoms with Crippen molar-refractivity contribution >= 4 is 15.7 Å². The Labute approximate surface area is 93.8 Å². The molecule has 0 bridgehead atoms. The Morgan fingerprint density at radius 3 is 2.62 bits per heavy atom. The molecule has 0 saturated heterocycles. The van der Waals surface area contributed by atoms with Gasteiger partial charge in [-0.3, -0.25) is 4.79 Å². The zero-order valence-electron chi connectivity index (χ0n) is 8.67. The SMILES string of the molecule is CS(=O)(=O)c1cc([CH]CC(N)=O)ccc1O. The van der Waals surface area contributed by atoms with Gasteiger partial charge in [0, 0.05) is 19.1 Å². The fraction of sp³-hybridized carbons (Fsp3) is 0.200. The minimum Gasteiger partial charge on any atom is -0.507 e. The number of phenols is 1. The topological polar surface area (TPSA) is 97.5 Å². The van der Waals surface area contributed by atoms with Crippen LogP contribution in [0.2, 0.25) is 0 Å². The van der Waals surface area contributed by atoms with Gasteiger partial charge in [0.1, 0.15) is 10.6 Å². The van der Waals surface area contributed by atoms with Crippen LogP contribution < -0.4 is 5.73 Å². The van der Waals surface area contributed by atoms with Crippen LogP contribution in [0.15, 0.2) is 23.1 Å². The average molecular weight is 242 g/mol. The molecule has 3 N–H and O–H groups in total. The quantitative estimate of drug-likeness (QED) is 0.789. The molecule has 0 aliphatic heterocycles. The van der Waals surface area contributed by atoms with E-state index in [4.69, 9.17) is 5.73 Å². The van der Waals surface area contributed by atoms with Gasteiger partial charge in [0.2, 0.25) is 5.91 Å². The van der Waals surface area contributed by atoms with E-state index >= 15 is 0 Å². The Hall–Kier alpha value is -1.56. The summed E-state index contributed by atoms with van der Waals surface area (Å²) in [5, 5.41) is 9.36. The van der Waals surface area contributed by atoms with Crippen LogP contribution in [0.5, 0.6) is 5.75 Å². The van der Waals surface area contributed by atoms with Gasteiger partial charge < -0.3 is 10.8 Å². The van der Waals surface area contributed by atoms with E-state index in [0.29, 0.717) is 5.56 Å². The van der Waals surface area contributed by atoms with Crippen molar-refractivity contribution in [2.75, 3.05) is 6.26 Å². The van der Waals surface area contributed by atoms with E-state index in [1.807, 2.05) is 0 Å². The molecule has 0 fully saturated rings. The van der Waals surface area contributed by atoms with Crippen LogP contribution in [0.3, 0.4) is 0 Å². The molecule has 1 aromatic carbocycles. The van der Waals surface area contributed by atoms with E-state index in [1.165, 1.54) is 24.6 Å². The molecule has 0 atom stereocenters. The number of hydrogen-bond acceptors (Lipinski definition) is 4. The maximum atomic E-state index is 11.3. The number of phenolic OH excluding ortho intramolecular Hbond substituents is 1. The highest BCUT2D eigenvalue weighted by molar-refractivity contribution is 7.90. The molecule has 0 unspecified atom stereocenters. The highest BCUT2D eigenvalue weighted by atomic mass is 32.2. The van der Waals surface area contributed by atoms with E-state index in [1.54, 1.807) is 0 Å². The third-order valence-corrected chi connectivity index (χ3v) is 3.05. The van der Waals surface area contributed by atoms with Crippen molar-refractivity contribution in [3.05, 3.63) is 30.2 Å². The number of rotatable bonds is 4. The van der Waals surface area contributed by atoms with Crippen LogP contribution >= 0.6 is 0 Å². The Bertz CT molecular complexity index is 508. The Balaban J connectivity index is 3.04. The smallest absolute Gasteiger partial charge is 0.218 e. The lowest BCUT2D eigenvalue weighted by Crippen LogP contribution is -2.10. The first kappa shape index (κ1) is 12.5. The minimum absolute atomic E-state index is 0.0218. The normalized spacial score (nSPS) is 11.3. The minimum atomic E-state index is -3.48. The van der Waals surface area contributed by atoms with Gasteiger partial charge in [0.25, 0.3) is 0 Å². The van der Waals surface area contributed by atoms with Crippen molar-refractivity contribution in [1.29, 1.82) is 0 Å². The Kier molecular flexibility index (Phi) is 3.54. The van der Waals surface area contributed by atoms with Gasteiger partial charge in [-0.15, -0.1) is 0 Å². The average Bonchev–Trinajstić information content (AvgIpc) is 2.14. The predicted molar refractivity (Wildman–Crippen MR) is 58.4 cm³/mol. The second kappa shape index (κ2) is 4.52. The summed E-state index contributed by atoms with van der Waals surface area (Å²) in [4.78, 5) is 10.4. The van der Waals surface area contributed by atoms with E-state index in [-0.39, 0.29) is 17.1 Å². The van der Waals surface area contributed by atoms with Crippen molar-refractivity contribution in [3.8, 4) is 5.75 Å². The van der Waals surface area contributed by atoms with E-state index in [9.17, 15) is 18.3 Å². The summed E-state index contributed by atoms with van der Waals surface area (Å²) >= 11 is 0. The standard InChI is InChI=1S/C10H12NO4S/c1-16(14,15)9-6-7(2-4-8(9)12)3-5-10(11)13/h2-4,6,12H,5H2,1H3,(H2,11,13). The number of benzene rings is 1. The third kappa shape index (κ3) is 3.23. The number of carbonyl (C=O) groups excluding carboxylic acids is 1. The first-order valence-corrected chi connectivity index (χ1v) is 6.34. The molecule has 0 saturated carbocycles. The fourth-order valence-corrected chi connectivity index (χ4v) is 1.97. The Morgan fingerprint density at radius 1 is 1.50 bits per heavy atom. The first-order chi connectivity index (χ1) is 7.30. The second-order valence-electron chi connectivity index (χ2n) is 3.37. The van der Waals surface area contributed by atoms with Crippen molar-refractivity contribution in [2.45, 2.75) is 11.3 Å². The van der Waals surface area contributed by atoms with Crippen LogP contribution in [-0.2, 0) is 14.6 Å². The largest absolute Gasteiger partial charge is 0.507 e. The Morgan fingerprint density at radius 2 is 2.12 bits per heavy atom. The summed E-state index contributed by atoms with van der Waals surface area (Å²) in [6.07, 6.45) is 2.52. The molecule has 0 heterocycles. The summed E-state index contributed by atoms with van der Waals surface area (Å²) in [6.45, 7) is 0. The lowest BCUT2D eigenvalue weighted by Gasteiger charge is -2.05. The van der Waals surface area contributed by atoms with E-state index in [2.05, 4.69) is 0 Å². The molecular formula is C10H12NO4S. The van der Waals surface area contributed by atoms with Gasteiger partial charge >= 0.3 is 0 Å². The van der Waals surface area contributed by atoms with Gasteiger partial charge in [-0.05, 0) is 17.7 Å². The molecule has 6 heteroatoms. The van der Waals surface area contributed by atoms with Gasteiger partial charge in [0.15, 0.2) is 9.84 Å². The number of primary amides is 1. The zero-order chi connectivity index (χ0) is 12.3. The molecule has 0 aliphatic rings. The summed E-state index contributed by atoms with van der Waals surface area (Å²) in [6, 6.07) is 4.07. The summed E-state index contributed by atoms with van der Waals surface area (Å²) in [7, 11) is -3.48. The number of sulfone groups is 1. The summed E-state index contributed by atoms with van der Waals surface area (Å²) in [5.74, 6) is -0.812. The predicted octanol–water partition coefficient (Wildman–Crippen LogP) is 0.223. The maximum absolute atomic E-state index is 11.3. The van der Waals surface area contributed by atoms with Gasteiger partial charge in [-0.25, -0.2) is 8.42 Å². The second-order valence-corrected chi connectivity index (χ2v) is 5.36. The zero-order valence-corrected chi connectivity index (χ0v) is 9.49. The fourth-order valence-electron chi connectivity index (χ4n) is 1.17. The van der Waals surface area contributed by atoms with Crippen molar-refractivity contribution in [1.82, 2.24) is 0 Å². The number of hydrogen-bond donors (Lipinski definition) is 2. The number of aromatic hydroxyl groups is 1. The molecule has 1 rings (SSSR count). The molecular weight excluding hydrogens is 230 g/mol. The molecule has 87 valence electrons. The van der Waals surface area contributed by atoms with Crippen LogP contribution in [-0.4, -0.2) is 25.7 Å². The van der Waals surface area contributed by atoms with Crippen molar-refractivity contribution in [3.63, 3.8) is 0 Å². The van der Waals surface area contributed by atoms with Crippen molar-refractivity contribution < 1.29 is 18.3 Å². The highest BCUT2D eigenvalue weighted by Crippen LogP contribution is 2.24.